The highest BCUT2D eigenvalue weighted by Gasteiger charge is 2.01. The Morgan fingerprint density at radius 2 is 2.14 bits per heavy atom. The number of hydrogen-bond acceptors (Lipinski definition) is 4. The first-order valence-electron chi connectivity index (χ1n) is 4.93. The summed E-state index contributed by atoms with van der Waals surface area (Å²) in [6, 6.07) is 2.20. The highest BCUT2D eigenvalue weighted by Crippen LogP contribution is 1.96. The summed E-state index contributed by atoms with van der Waals surface area (Å²) in [5.41, 5.74) is 0. The molecule has 1 atom stereocenters. The van der Waals surface area contributed by atoms with Crippen LogP contribution < -0.4 is 5.32 Å². The monoisotopic (exact) mass is 195 g/mol. The van der Waals surface area contributed by atoms with Crippen LogP contribution in [0.5, 0.6) is 0 Å². The average Bonchev–Trinajstić information content (AvgIpc) is 2.25. The Kier molecular flexibility index (Phi) is 5.11. The number of aliphatic hydroxyl groups excluding tert-OH is 1. The molecule has 1 rings (SSSR count). The van der Waals surface area contributed by atoms with Crippen molar-refractivity contribution in [1.29, 1.82) is 0 Å². The molecule has 0 saturated carbocycles. The van der Waals surface area contributed by atoms with Crippen molar-refractivity contribution in [2.24, 2.45) is 0 Å². The van der Waals surface area contributed by atoms with Crippen molar-refractivity contribution in [3.63, 3.8) is 0 Å². The van der Waals surface area contributed by atoms with Crippen LogP contribution in [0.25, 0.3) is 0 Å². The average molecular weight is 195 g/mol. The molecule has 0 bridgehead atoms. The molecule has 0 amide bonds. The molecule has 4 heteroatoms. The van der Waals surface area contributed by atoms with E-state index in [0.717, 1.165) is 18.7 Å². The van der Waals surface area contributed by atoms with Crippen LogP contribution in [-0.2, 0) is 6.54 Å². The highest BCUT2D eigenvalue weighted by atomic mass is 16.2. The number of aromatic nitrogens is 2. The first-order valence-corrected chi connectivity index (χ1v) is 4.93. The number of rotatable bonds is 6. The molecule has 0 aromatic carbocycles. The SMILES string of the molecule is CC(CCCO)NCc1ncccn1. The van der Waals surface area contributed by atoms with Crippen molar-refractivity contribution in [2.45, 2.75) is 32.4 Å². The van der Waals surface area contributed by atoms with E-state index in [4.69, 9.17) is 5.11 Å². The first kappa shape index (κ1) is 11.1. The maximum Gasteiger partial charge on any atom is 0.141 e. The molecule has 14 heavy (non-hydrogen) atoms. The molecule has 1 aromatic heterocycles. The summed E-state index contributed by atoms with van der Waals surface area (Å²) in [5.74, 6) is 0.809. The smallest absolute Gasteiger partial charge is 0.141 e. The van der Waals surface area contributed by atoms with Crippen LogP contribution in [0.4, 0.5) is 0 Å². The van der Waals surface area contributed by atoms with Crippen molar-refractivity contribution in [3.8, 4) is 0 Å². The van der Waals surface area contributed by atoms with Gasteiger partial charge in [0.15, 0.2) is 0 Å². The largest absolute Gasteiger partial charge is 0.396 e. The molecular formula is C10H17N3O. The summed E-state index contributed by atoms with van der Waals surface area (Å²) in [4.78, 5) is 8.22. The van der Waals surface area contributed by atoms with E-state index in [-0.39, 0.29) is 6.61 Å². The highest BCUT2D eigenvalue weighted by molar-refractivity contribution is 4.88. The van der Waals surface area contributed by atoms with Gasteiger partial charge in [-0.15, -0.1) is 0 Å². The summed E-state index contributed by atoms with van der Waals surface area (Å²) in [7, 11) is 0. The van der Waals surface area contributed by atoms with E-state index >= 15 is 0 Å². The number of aliphatic hydroxyl groups is 1. The zero-order valence-corrected chi connectivity index (χ0v) is 8.48. The van der Waals surface area contributed by atoms with Crippen LogP contribution in [0.15, 0.2) is 18.5 Å². The lowest BCUT2D eigenvalue weighted by atomic mass is 10.2. The van der Waals surface area contributed by atoms with Gasteiger partial charge in [-0.05, 0) is 25.8 Å². The second-order valence-corrected chi connectivity index (χ2v) is 3.31. The van der Waals surface area contributed by atoms with Gasteiger partial charge in [0.25, 0.3) is 0 Å². The van der Waals surface area contributed by atoms with Gasteiger partial charge < -0.3 is 10.4 Å². The van der Waals surface area contributed by atoms with Gasteiger partial charge in [-0.25, -0.2) is 9.97 Å². The minimum atomic E-state index is 0.258. The van der Waals surface area contributed by atoms with E-state index in [9.17, 15) is 0 Å². The third-order valence-electron chi connectivity index (χ3n) is 2.02. The van der Waals surface area contributed by atoms with Crippen LogP contribution in [0.2, 0.25) is 0 Å². The van der Waals surface area contributed by atoms with E-state index in [0.29, 0.717) is 12.6 Å². The Morgan fingerprint density at radius 3 is 2.79 bits per heavy atom. The maximum absolute atomic E-state index is 8.65. The zero-order chi connectivity index (χ0) is 10.2. The van der Waals surface area contributed by atoms with E-state index in [1.54, 1.807) is 18.5 Å². The third kappa shape index (κ3) is 4.30. The number of nitrogens with zero attached hydrogens (tertiary/aromatic N) is 2. The fourth-order valence-corrected chi connectivity index (χ4v) is 1.19. The lowest BCUT2D eigenvalue weighted by molar-refractivity contribution is 0.276. The van der Waals surface area contributed by atoms with Crippen LogP contribution in [0.1, 0.15) is 25.6 Å². The van der Waals surface area contributed by atoms with Crippen LogP contribution in [0, 0.1) is 0 Å². The van der Waals surface area contributed by atoms with E-state index in [1.807, 2.05) is 0 Å². The molecule has 0 saturated heterocycles. The molecule has 0 aliphatic carbocycles. The Labute approximate surface area is 84.4 Å². The lowest BCUT2D eigenvalue weighted by Gasteiger charge is -2.11. The Hall–Kier alpha value is -1.00. The molecule has 0 aliphatic rings. The zero-order valence-electron chi connectivity index (χ0n) is 8.48. The fraction of sp³-hybridized carbons (Fsp3) is 0.600. The Bertz CT molecular complexity index is 240. The molecule has 0 fully saturated rings. The maximum atomic E-state index is 8.65. The van der Waals surface area contributed by atoms with Crippen molar-refractivity contribution in [2.75, 3.05) is 6.61 Å². The molecule has 2 N–H and O–H groups in total. The van der Waals surface area contributed by atoms with Gasteiger partial charge in [0.2, 0.25) is 0 Å². The van der Waals surface area contributed by atoms with Gasteiger partial charge in [-0.3, -0.25) is 0 Å². The van der Waals surface area contributed by atoms with Gasteiger partial charge in [-0.2, -0.15) is 0 Å². The van der Waals surface area contributed by atoms with Crippen LogP contribution >= 0.6 is 0 Å². The number of hydrogen-bond donors (Lipinski definition) is 2. The van der Waals surface area contributed by atoms with Crippen LogP contribution in [0.3, 0.4) is 0 Å². The topological polar surface area (TPSA) is 58.0 Å². The van der Waals surface area contributed by atoms with Gasteiger partial charge in [0, 0.05) is 25.0 Å². The molecular weight excluding hydrogens is 178 g/mol. The van der Waals surface area contributed by atoms with Crippen molar-refractivity contribution >= 4 is 0 Å². The summed E-state index contributed by atoms with van der Waals surface area (Å²) >= 11 is 0. The molecule has 1 aromatic rings. The Balaban J connectivity index is 2.20. The van der Waals surface area contributed by atoms with E-state index in [1.165, 1.54) is 0 Å². The molecule has 0 radical (unpaired) electrons. The summed E-state index contributed by atoms with van der Waals surface area (Å²) < 4.78 is 0. The molecule has 0 aliphatic heterocycles. The minimum Gasteiger partial charge on any atom is -0.396 e. The van der Waals surface area contributed by atoms with Crippen molar-refractivity contribution in [1.82, 2.24) is 15.3 Å². The predicted octanol–water partition coefficient (Wildman–Crippen LogP) is 0.727. The van der Waals surface area contributed by atoms with Gasteiger partial charge in [0.1, 0.15) is 5.82 Å². The van der Waals surface area contributed by atoms with Gasteiger partial charge in [0.05, 0.1) is 6.54 Å². The summed E-state index contributed by atoms with van der Waals surface area (Å²) in [6.45, 7) is 3.04. The third-order valence-corrected chi connectivity index (χ3v) is 2.02. The predicted molar refractivity (Wildman–Crippen MR) is 54.7 cm³/mol. The van der Waals surface area contributed by atoms with Gasteiger partial charge in [-0.1, -0.05) is 0 Å². The molecule has 78 valence electrons. The first-order chi connectivity index (χ1) is 6.83. The second kappa shape index (κ2) is 6.45. The molecule has 4 nitrogen and oxygen atoms in total. The Morgan fingerprint density at radius 1 is 1.43 bits per heavy atom. The van der Waals surface area contributed by atoms with E-state index in [2.05, 4.69) is 22.2 Å². The van der Waals surface area contributed by atoms with Crippen molar-refractivity contribution in [3.05, 3.63) is 24.3 Å². The molecule has 1 heterocycles. The standard InChI is InChI=1S/C10H17N3O/c1-9(4-2-7-14)13-8-10-11-5-3-6-12-10/h3,5-6,9,13-14H,2,4,7-8H2,1H3. The van der Waals surface area contributed by atoms with Crippen LogP contribution in [-0.4, -0.2) is 27.7 Å². The van der Waals surface area contributed by atoms with Crippen molar-refractivity contribution < 1.29 is 5.11 Å². The summed E-state index contributed by atoms with van der Waals surface area (Å²) in [5, 5.41) is 11.9. The number of nitrogens with one attached hydrogen (secondary N) is 1. The second-order valence-electron chi connectivity index (χ2n) is 3.31. The van der Waals surface area contributed by atoms with E-state index < -0.39 is 0 Å². The normalized spacial score (nSPS) is 12.7. The molecule has 0 spiro atoms. The minimum absolute atomic E-state index is 0.258. The lowest BCUT2D eigenvalue weighted by Crippen LogP contribution is -2.26. The summed E-state index contributed by atoms with van der Waals surface area (Å²) in [6.07, 6.45) is 5.29. The quantitative estimate of drug-likeness (QED) is 0.702. The fourth-order valence-electron chi connectivity index (χ4n) is 1.19. The van der Waals surface area contributed by atoms with Gasteiger partial charge >= 0.3 is 0 Å². The molecule has 1 unspecified atom stereocenters.